The first-order valence-electron chi connectivity index (χ1n) is 27.8. The van der Waals surface area contributed by atoms with Crippen LogP contribution in [-0.4, -0.2) is 91.8 Å². The maximum Gasteiger partial charge on any atom is 0.509 e. The van der Waals surface area contributed by atoms with Gasteiger partial charge < -0.3 is 47.4 Å². The molecule has 0 aromatic rings. The maximum atomic E-state index is 11.6. The summed E-state index contributed by atoms with van der Waals surface area (Å²) in [6, 6.07) is 0. The summed E-state index contributed by atoms with van der Waals surface area (Å²) < 4.78 is 51.8. The Morgan fingerprint density at radius 3 is 0.945 bits per heavy atom. The molecule has 0 heterocycles. The van der Waals surface area contributed by atoms with Crippen molar-refractivity contribution in [1.29, 1.82) is 0 Å². The van der Waals surface area contributed by atoms with Crippen molar-refractivity contribution >= 4 is 30.8 Å². The zero-order valence-corrected chi connectivity index (χ0v) is 49.7. The lowest BCUT2D eigenvalue weighted by Crippen LogP contribution is -2.41. The molecule has 0 aromatic carbocycles. The molecule has 0 N–H and O–H groups in total. The third kappa shape index (κ3) is 31.8. The summed E-state index contributed by atoms with van der Waals surface area (Å²) in [5.74, 6) is 0. The Labute approximate surface area is 442 Å². The normalized spacial score (nSPS) is 18.9. The van der Waals surface area contributed by atoms with E-state index >= 15 is 0 Å². The first-order chi connectivity index (χ1) is 33.4. The fraction of sp³-hybridized carbons (Fsp3) is 0.914. The van der Waals surface area contributed by atoms with Crippen molar-refractivity contribution in [2.24, 2.45) is 27.1 Å². The van der Waals surface area contributed by atoms with Gasteiger partial charge in [0.25, 0.3) is 0 Å². The molecule has 5 aliphatic carbocycles. The van der Waals surface area contributed by atoms with Gasteiger partial charge in [-0.05, 0) is 158 Å². The van der Waals surface area contributed by atoms with Crippen LogP contribution in [-0.2, 0) is 47.4 Å². The average Bonchev–Trinajstić information content (AvgIpc) is 4.00. The first-order valence-corrected chi connectivity index (χ1v) is 27.8. The van der Waals surface area contributed by atoms with E-state index in [9.17, 15) is 24.0 Å². The lowest BCUT2D eigenvalue weighted by atomic mass is 9.79. The number of hydrogen-bond donors (Lipinski definition) is 0. The Bertz CT molecular complexity index is 1600. The highest BCUT2D eigenvalue weighted by Crippen LogP contribution is 2.35. The molecule has 3 atom stereocenters. The molecule has 3 unspecified atom stereocenters. The van der Waals surface area contributed by atoms with E-state index in [2.05, 4.69) is 41.5 Å². The SMILES string of the molecule is CC(C)(C)C(C)(C)OC(=O)OC1CC1.CC(C)(C)COC(=O)OC1CCCC1.CC(OC(=O)OC1CCCC1)C(C)(C)C.CCC(OC(=O)OC1CC1)C(C)(C)C.CCC(OC(=O)OC1CCCC1)C(C)(C)C. The lowest BCUT2D eigenvalue weighted by molar-refractivity contribution is -0.0739. The van der Waals surface area contributed by atoms with Gasteiger partial charge in [0.05, 0.1) is 6.61 Å². The summed E-state index contributed by atoms with van der Waals surface area (Å²) in [4.78, 5) is 56.8. The highest BCUT2D eigenvalue weighted by molar-refractivity contribution is 5.62. The number of carbonyl (C=O) groups excluding carboxylic acids is 5. The Morgan fingerprint density at radius 2 is 0.685 bits per heavy atom. The van der Waals surface area contributed by atoms with E-state index in [1.54, 1.807) is 0 Å². The molecule has 0 aliphatic heterocycles. The largest absolute Gasteiger partial charge is 0.509 e. The zero-order valence-electron chi connectivity index (χ0n) is 49.7. The van der Waals surface area contributed by atoms with Gasteiger partial charge in [0.1, 0.15) is 54.4 Å². The molecular formula is C58H106O15. The second kappa shape index (κ2) is 30.8. The van der Waals surface area contributed by atoms with Crippen LogP contribution >= 0.6 is 0 Å². The number of rotatable bonds is 12. The van der Waals surface area contributed by atoms with Crippen LogP contribution in [0.3, 0.4) is 0 Å². The molecule has 428 valence electrons. The molecule has 0 aromatic heterocycles. The minimum atomic E-state index is -0.535. The second-order valence-electron chi connectivity index (χ2n) is 26.6. The Morgan fingerprint density at radius 1 is 0.397 bits per heavy atom. The van der Waals surface area contributed by atoms with Crippen molar-refractivity contribution in [3.63, 3.8) is 0 Å². The van der Waals surface area contributed by atoms with Crippen molar-refractivity contribution in [3.05, 3.63) is 0 Å². The standard InChI is InChI=1S/C13H24O3.C12H22O3.3C11H20O3/c1-5-11(13(2,3)4)16-12(14)15-10-8-6-7-9-10;1-9(12(2,3)4)14-11(13)15-10-7-5-6-8-10;1-10(2,3)11(4,5)14-9(12)13-8-6-7-8;1-11(2,3)8-13-10(12)14-9-6-4-5-7-9;1-5-9(11(2,3)4)14-10(12)13-8-6-7-8/h10-11H,5-9H2,1-4H3;9-10H,5-8H2,1-4H3;8H,6-7H2,1-5H3;9H,4-8H2,1-3H3;8-9H,5-7H2,1-4H3. The average molecular weight is 1040 g/mol. The van der Waals surface area contributed by atoms with Gasteiger partial charge in [0.2, 0.25) is 0 Å². The van der Waals surface area contributed by atoms with Crippen LogP contribution in [0.2, 0.25) is 0 Å². The van der Waals surface area contributed by atoms with Crippen molar-refractivity contribution in [1.82, 2.24) is 0 Å². The van der Waals surface area contributed by atoms with Gasteiger partial charge in [-0.15, -0.1) is 0 Å². The second-order valence-corrected chi connectivity index (χ2v) is 26.6. The molecule has 0 spiro atoms. The number of hydrogen-bond acceptors (Lipinski definition) is 15. The predicted molar refractivity (Wildman–Crippen MR) is 284 cm³/mol. The number of carbonyl (C=O) groups is 5. The van der Waals surface area contributed by atoms with Gasteiger partial charge in [-0.3, -0.25) is 0 Å². The quantitative estimate of drug-likeness (QED) is 0.133. The Kier molecular flexibility index (Phi) is 28.4. The van der Waals surface area contributed by atoms with Gasteiger partial charge in [-0.1, -0.05) is 118 Å². The monoisotopic (exact) mass is 1040 g/mol. The van der Waals surface area contributed by atoms with Crippen molar-refractivity contribution in [3.8, 4) is 0 Å². The van der Waals surface area contributed by atoms with Crippen LogP contribution in [0, 0.1) is 27.1 Å². The third-order valence-electron chi connectivity index (χ3n) is 13.7. The van der Waals surface area contributed by atoms with Gasteiger partial charge in [-0.25, -0.2) is 24.0 Å². The van der Waals surface area contributed by atoms with E-state index in [-0.39, 0.29) is 75.9 Å². The van der Waals surface area contributed by atoms with E-state index in [1.807, 2.05) is 96.9 Å². The lowest BCUT2D eigenvalue weighted by Gasteiger charge is -2.37. The van der Waals surface area contributed by atoms with Crippen LogP contribution in [0.5, 0.6) is 0 Å². The fourth-order valence-corrected chi connectivity index (χ4v) is 7.15. The van der Waals surface area contributed by atoms with E-state index in [0.29, 0.717) is 6.61 Å². The molecule has 5 fully saturated rings. The fourth-order valence-electron chi connectivity index (χ4n) is 7.15. The third-order valence-corrected chi connectivity index (χ3v) is 13.7. The molecule has 0 amide bonds. The van der Waals surface area contributed by atoms with Gasteiger partial charge >= 0.3 is 30.8 Å². The summed E-state index contributed by atoms with van der Waals surface area (Å²) in [6.45, 7) is 40.9. The Balaban J connectivity index is 0.000000457. The summed E-state index contributed by atoms with van der Waals surface area (Å²) in [7, 11) is 0. The van der Waals surface area contributed by atoms with Gasteiger partial charge in [0, 0.05) is 5.41 Å². The molecule has 15 heteroatoms. The molecule has 5 saturated carbocycles. The van der Waals surface area contributed by atoms with Crippen LogP contribution < -0.4 is 0 Å². The zero-order chi connectivity index (χ0) is 56.0. The van der Waals surface area contributed by atoms with E-state index in [0.717, 1.165) is 116 Å². The van der Waals surface area contributed by atoms with E-state index in [4.69, 9.17) is 47.4 Å². The summed E-state index contributed by atoms with van der Waals surface area (Å²) in [5, 5.41) is 0. The smallest absolute Gasteiger partial charge is 0.434 e. The number of ether oxygens (including phenoxy) is 10. The predicted octanol–water partition coefficient (Wildman–Crippen LogP) is 16.8. The van der Waals surface area contributed by atoms with Crippen LogP contribution in [0.1, 0.15) is 254 Å². The molecular weight excluding hydrogens is 937 g/mol. The van der Waals surface area contributed by atoms with E-state index < -0.39 is 36.4 Å². The molecule has 0 radical (unpaired) electrons. The minimum absolute atomic E-state index is 0.00863. The highest BCUT2D eigenvalue weighted by atomic mass is 16.8. The van der Waals surface area contributed by atoms with E-state index in [1.165, 1.54) is 0 Å². The van der Waals surface area contributed by atoms with Crippen LogP contribution in [0.25, 0.3) is 0 Å². The summed E-state index contributed by atoms with van der Waals surface area (Å²) >= 11 is 0. The summed E-state index contributed by atoms with van der Waals surface area (Å²) in [5.41, 5.74) is -0.654. The topological polar surface area (TPSA) is 178 Å². The van der Waals surface area contributed by atoms with Crippen LogP contribution in [0.4, 0.5) is 24.0 Å². The maximum absolute atomic E-state index is 11.6. The van der Waals surface area contributed by atoms with Crippen molar-refractivity contribution < 1.29 is 71.3 Å². The van der Waals surface area contributed by atoms with Gasteiger partial charge in [-0.2, -0.15) is 0 Å². The molecule has 15 nitrogen and oxygen atoms in total. The van der Waals surface area contributed by atoms with Crippen molar-refractivity contribution in [2.75, 3.05) is 6.61 Å². The molecule has 73 heavy (non-hydrogen) atoms. The summed E-state index contributed by atoms with van der Waals surface area (Å²) in [6.07, 6.45) is 16.2. The van der Waals surface area contributed by atoms with Crippen LogP contribution in [0.15, 0.2) is 0 Å². The van der Waals surface area contributed by atoms with Gasteiger partial charge in [0.15, 0.2) is 0 Å². The minimum Gasteiger partial charge on any atom is -0.434 e. The molecule has 0 bridgehead atoms. The van der Waals surface area contributed by atoms with Crippen molar-refractivity contribution in [2.45, 2.75) is 308 Å². The molecule has 5 rings (SSSR count). The Hall–Kier alpha value is -3.65. The first kappa shape index (κ1) is 67.4. The highest BCUT2D eigenvalue weighted by Gasteiger charge is 2.39. The molecule has 0 saturated heterocycles. The molecule has 5 aliphatic rings.